The second-order valence-electron chi connectivity index (χ2n) is 6.30. The Balaban J connectivity index is 1.44. The van der Waals surface area contributed by atoms with E-state index in [4.69, 9.17) is 0 Å². The molecule has 1 fully saturated rings. The Labute approximate surface area is 145 Å². The highest BCUT2D eigenvalue weighted by Crippen LogP contribution is 2.25. The zero-order valence-electron chi connectivity index (χ0n) is 14.3. The van der Waals surface area contributed by atoms with Crippen LogP contribution in [0, 0.1) is 6.92 Å². The number of aromatic nitrogens is 5. The van der Waals surface area contributed by atoms with Crippen molar-refractivity contribution >= 4 is 5.91 Å². The average molecular weight is 336 g/mol. The van der Waals surface area contributed by atoms with Crippen molar-refractivity contribution in [3.63, 3.8) is 0 Å². The van der Waals surface area contributed by atoms with Crippen molar-refractivity contribution in [3.05, 3.63) is 54.0 Å². The molecule has 4 rings (SSSR count). The lowest BCUT2D eigenvalue weighted by Gasteiger charge is -2.38. The lowest BCUT2D eigenvalue weighted by Crippen LogP contribution is -2.51. The Morgan fingerprint density at radius 1 is 1.24 bits per heavy atom. The summed E-state index contributed by atoms with van der Waals surface area (Å²) in [6, 6.07) is 12.0. The van der Waals surface area contributed by atoms with Crippen LogP contribution in [-0.4, -0.2) is 48.7 Å². The molecule has 1 saturated heterocycles. The molecular weight excluding hydrogens is 316 g/mol. The van der Waals surface area contributed by atoms with E-state index in [0.29, 0.717) is 25.3 Å². The van der Waals surface area contributed by atoms with Gasteiger partial charge in [-0.3, -0.25) is 9.48 Å². The van der Waals surface area contributed by atoms with Crippen LogP contribution in [0.25, 0.3) is 11.3 Å². The summed E-state index contributed by atoms with van der Waals surface area (Å²) in [5, 5.41) is 12.8. The van der Waals surface area contributed by atoms with Gasteiger partial charge in [0.1, 0.15) is 11.4 Å². The second-order valence-corrected chi connectivity index (χ2v) is 6.30. The molecule has 0 unspecified atom stereocenters. The molecule has 3 aromatic rings. The van der Waals surface area contributed by atoms with Gasteiger partial charge in [0.15, 0.2) is 0 Å². The van der Waals surface area contributed by atoms with Gasteiger partial charge >= 0.3 is 0 Å². The summed E-state index contributed by atoms with van der Waals surface area (Å²) >= 11 is 0. The van der Waals surface area contributed by atoms with Gasteiger partial charge in [0.2, 0.25) is 0 Å². The summed E-state index contributed by atoms with van der Waals surface area (Å²) in [5.41, 5.74) is 3.42. The van der Waals surface area contributed by atoms with Gasteiger partial charge < -0.3 is 4.90 Å². The van der Waals surface area contributed by atoms with E-state index in [0.717, 1.165) is 17.0 Å². The van der Waals surface area contributed by atoms with E-state index in [-0.39, 0.29) is 11.9 Å². The molecule has 0 spiro atoms. The van der Waals surface area contributed by atoms with Crippen LogP contribution in [0.15, 0.2) is 42.6 Å². The number of likely N-dealkylation sites (tertiary alicyclic amines) is 1. The Morgan fingerprint density at radius 3 is 2.72 bits per heavy atom. The number of rotatable bonds is 4. The van der Waals surface area contributed by atoms with Crippen LogP contribution < -0.4 is 0 Å². The zero-order valence-corrected chi connectivity index (χ0v) is 14.3. The van der Waals surface area contributed by atoms with Crippen LogP contribution in [0.4, 0.5) is 0 Å². The van der Waals surface area contributed by atoms with E-state index in [1.807, 2.05) is 66.0 Å². The number of amides is 1. The van der Waals surface area contributed by atoms with Crippen molar-refractivity contribution in [1.29, 1.82) is 0 Å². The van der Waals surface area contributed by atoms with Crippen molar-refractivity contribution in [1.82, 2.24) is 29.7 Å². The van der Waals surface area contributed by atoms with E-state index >= 15 is 0 Å². The second kappa shape index (κ2) is 6.16. The maximum Gasteiger partial charge on any atom is 0.272 e. The van der Waals surface area contributed by atoms with Gasteiger partial charge in [-0.25, -0.2) is 4.68 Å². The molecule has 0 bridgehead atoms. The van der Waals surface area contributed by atoms with Crippen LogP contribution in [0.1, 0.15) is 29.1 Å². The molecular formula is C18H20N6O. The number of carbonyl (C=O) groups excluding carboxylic acids is 1. The molecule has 25 heavy (non-hydrogen) atoms. The molecule has 1 amide bonds. The number of nitrogens with zero attached hydrogens (tertiary/aromatic N) is 6. The van der Waals surface area contributed by atoms with Gasteiger partial charge in [0, 0.05) is 25.2 Å². The first kappa shape index (κ1) is 15.6. The predicted molar refractivity (Wildman–Crippen MR) is 93.0 cm³/mol. The normalized spacial score (nSPS) is 14.6. The monoisotopic (exact) mass is 336 g/mol. The van der Waals surface area contributed by atoms with E-state index in [1.54, 1.807) is 4.68 Å². The molecule has 1 aliphatic heterocycles. The van der Waals surface area contributed by atoms with Crippen LogP contribution in [0.2, 0.25) is 0 Å². The molecule has 0 saturated carbocycles. The van der Waals surface area contributed by atoms with Gasteiger partial charge in [0.05, 0.1) is 17.9 Å². The van der Waals surface area contributed by atoms with Crippen LogP contribution in [-0.2, 0) is 6.54 Å². The minimum atomic E-state index is 0.0297. The minimum Gasteiger partial charge on any atom is -0.333 e. The molecule has 0 N–H and O–H groups in total. The zero-order chi connectivity index (χ0) is 17.4. The third kappa shape index (κ3) is 2.82. The summed E-state index contributed by atoms with van der Waals surface area (Å²) in [6.07, 6.45) is 1.95. The number of benzene rings is 1. The molecule has 0 aliphatic carbocycles. The molecule has 7 heteroatoms. The lowest BCUT2D eigenvalue weighted by molar-refractivity contribution is 0.0486. The highest BCUT2D eigenvalue weighted by atomic mass is 16.2. The third-order valence-electron chi connectivity index (χ3n) is 4.52. The highest BCUT2D eigenvalue weighted by molar-refractivity contribution is 5.93. The maximum absolute atomic E-state index is 12.6. The SMILES string of the molecule is CCn1nc(C)cc1C(=O)N1CC(n2cc(-c3ccccc3)nn2)C1. The summed E-state index contributed by atoms with van der Waals surface area (Å²) in [7, 11) is 0. The fourth-order valence-electron chi connectivity index (χ4n) is 3.11. The molecule has 0 atom stereocenters. The van der Waals surface area contributed by atoms with Crippen LogP contribution in [0.5, 0.6) is 0 Å². The van der Waals surface area contributed by atoms with Gasteiger partial charge in [-0.15, -0.1) is 5.10 Å². The number of carbonyl (C=O) groups is 1. The average Bonchev–Trinajstić information content (AvgIpc) is 3.21. The Hall–Kier alpha value is -2.96. The topological polar surface area (TPSA) is 68.8 Å². The first-order valence-corrected chi connectivity index (χ1v) is 8.46. The number of hydrogen-bond acceptors (Lipinski definition) is 4. The fourth-order valence-corrected chi connectivity index (χ4v) is 3.11. The van der Waals surface area contributed by atoms with Crippen LogP contribution in [0.3, 0.4) is 0 Å². The van der Waals surface area contributed by atoms with Crippen molar-refractivity contribution in [2.75, 3.05) is 13.1 Å². The summed E-state index contributed by atoms with van der Waals surface area (Å²) in [4.78, 5) is 14.5. The Morgan fingerprint density at radius 2 is 2.00 bits per heavy atom. The summed E-state index contributed by atoms with van der Waals surface area (Å²) in [6.45, 7) is 5.87. The minimum absolute atomic E-state index is 0.0297. The lowest BCUT2D eigenvalue weighted by atomic mass is 10.1. The number of aryl methyl sites for hydroxylation is 2. The van der Waals surface area contributed by atoms with E-state index in [2.05, 4.69) is 15.4 Å². The van der Waals surface area contributed by atoms with Gasteiger partial charge in [-0.1, -0.05) is 35.5 Å². The van der Waals surface area contributed by atoms with Crippen molar-refractivity contribution < 1.29 is 4.79 Å². The first-order valence-electron chi connectivity index (χ1n) is 8.46. The van der Waals surface area contributed by atoms with Gasteiger partial charge in [0.25, 0.3) is 5.91 Å². The molecule has 0 radical (unpaired) electrons. The molecule has 128 valence electrons. The molecule has 7 nitrogen and oxygen atoms in total. The molecule has 3 heterocycles. The third-order valence-corrected chi connectivity index (χ3v) is 4.52. The Bertz CT molecular complexity index is 891. The largest absolute Gasteiger partial charge is 0.333 e. The standard InChI is InChI=1S/C18H20N6O/c1-3-23-17(9-13(2)20-23)18(25)22-10-15(11-22)24-12-16(19-21-24)14-7-5-4-6-8-14/h4-9,12,15H,3,10-11H2,1-2H3. The maximum atomic E-state index is 12.6. The molecule has 1 aromatic carbocycles. The predicted octanol–water partition coefficient (Wildman–Crippen LogP) is 2.17. The van der Waals surface area contributed by atoms with E-state index < -0.39 is 0 Å². The van der Waals surface area contributed by atoms with Crippen LogP contribution >= 0.6 is 0 Å². The summed E-state index contributed by atoms with van der Waals surface area (Å²) < 4.78 is 3.61. The van der Waals surface area contributed by atoms with Gasteiger partial charge in [-0.05, 0) is 19.9 Å². The van der Waals surface area contributed by atoms with Crippen molar-refractivity contribution in [2.45, 2.75) is 26.4 Å². The fraction of sp³-hybridized carbons (Fsp3) is 0.333. The smallest absolute Gasteiger partial charge is 0.272 e. The molecule has 1 aliphatic rings. The van der Waals surface area contributed by atoms with Crippen molar-refractivity contribution in [3.8, 4) is 11.3 Å². The van der Waals surface area contributed by atoms with Gasteiger partial charge in [-0.2, -0.15) is 5.10 Å². The van der Waals surface area contributed by atoms with Crippen molar-refractivity contribution in [2.24, 2.45) is 0 Å². The first-order chi connectivity index (χ1) is 12.2. The molecule has 2 aromatic heterocycles. The summed E-state index contributed by atoms with van der Waals surface area (Å²) in [5.74, 6) is 0.0297. The highest BCUT2D eigenvalue weighted by Gasteiger charge is 2.34. The Kier molecular flexibility index (Phi) is 3.83. The number of hydrogen-bond donors (Lipinski definition) is 0. The quantitative estimate of drug-likeness (QED) is 0.732. The van der Waals surface area contributed by atoms with E-state index in [1.165, 1.54) is 0 Å². The van der Waals surface area contributed by atoms with E-state index in [9.17, 15) is 4.79 Å².